The normalized spacial score (nSPS) is 14.4. The Labute approximate surface area is 102 Å². The number of rotatable bonds is 5. The van der Waals surface area contributed by atoms with E-state index >= 15 is 0 Å². The van der Waals surface area contributed by atoms with Gasteiger partial charge in [-0.2, -0.15) is 0 Å². The molecule has 0 radical (unpaired) electrons. The fourth-order valence-corrected chi connectivity index (χ4v) is 2.10. The SMILES string of the molecule is CCCCCCN1C(=O)COc2ccccc21. The Morgan fingerprint density at radius 3 is 2.88 bits per heavy atom. The zero-order chi connectivity index (χ0) is 12.1. The van der Waals surface area contributed by atoms with Gasteiger partial charge in [-0.05, 0) is 18.6 Å². The van der Waals surface area contributed by atoms with Crippen molar-refractivity contribution in [2.24, 2.45) is 0 Å². The minimum absolute atomic E-state index is 0.0696. The number of hydrogen-bond donors (Lipinski definition) is 0. The van der Waals surface area contributed by atoms with Crippen molar-refractivity contribution in [3.63, 3.8) is 0 Å². The molecule has 0 saturated carbocycles. The van der Waals surface area contributed by atoms with Crippen LogP contribution in [0.1, 0.15) is 32.6 Å². The van der Waals surface area contributed by atoms with Gasteiger partial charge in [-0.3, -0.25) is 4.79 Å². The molecule has 0 aliphatic carbocycles. The summed E-state index contributed by atoms with van der Waals surface area (Å²) >= 11 is 0. The van der Waals surface area contributed by atoms with Crippen LogP contribution in [0.25, 0.3) is 0 Å². The second kappa shape index (κ2) is 5.71. The van der Waals surface area contributed by atoms with E-state index in [0.717, 1.165) is 24.4 Å². The van der Waals surface area contributed by atoms with Crippen molar-refractivity contribution in [1.82, 2.24) is 0 Å². The molecule has 0 unspecified atom stereocenters. The number of benzene rings is 1. The Balaban J connectivity index is 2.02. The van der Waals surface area contributed by atoms with Crippen molar-refractivity contribution in [2.45, 2.75) is 32.6 Å². The van der Waals surface area contributed by atoms with Gasteiger partial charge in [0.15, 0.2) is 6.61 Å². The van der Waals surface area contributed by atoms with Crippen molar-refractivity contribution in [2.75, 3.05) is 18.1 Å². The van der Waals surface area contributed by atoms with Crippen molar-refractivity contribution < 1.29 is 9.53 Å². The molecule has 1 aliphatic heterocycles. The smallest absolute Gasteiger partial charge is 0.265 e. The molecule has 0 bridgehead atoms. The van der Waals surface area contributed by atoms with E-state index in [9.17, 15) is 4.79 Å². The summed E-state index contributed by atoms with van der Waals surface area (Å²) in [4.78, 5) is 13.7. The minimum Gasteiger partial charge on any atom is -0.482 e. The van der Waals surface area contributed by atoms with E-state index in [2.05, 4.69) is 6.92 Å². The Bertz CT molecular complexity index is 390. The van der Waals surface area contributed by atoms with Crippen LogP contribution in [0.4, 0.5) is 5.69 Å². The number of unbranched alkanes of at least 4 members (excludes halogenated alkanes) is 3. The van der Waals surface area contributed by atoms with E-state index in [0.29, 0.717) is 0 Å². The first kappa shape index (κ1) is 12.0. The van der Waals surface area contributed by atoms with E-state index in [-0.39, 0.29) is 12.5 Å². The average Bonchev–Trinajstić information content (AvgIpc) is 2.37. The van der Waals surface area contributed by atoms with Gasteiger partial charge < -0.3 is 9.64 Å². The van der Waals surface area contributed by atoms with Crippen molar-refractivity contribution >= 4 is 11.6 Å². The Morgan fingerprint density at radius 1 is 1.24 bits per heavy atom. The predicted octanol–water partition coefficient (Wildman–Crippen LogP) is 2.99. The third-order valence-corrected chi connectivity index (χ3v) is 3.04. The summed E-state index contributed by atoms with van der Waals surface area (Å²) in [6.45, 7) is 3.17. The number of fused-ring (bicyclic) bond motifs is 1. The molecule has 0 spiro atoms. The molecule has 1 heterocycles. The lowest BCUT2D eigenvalue weighted by Crippen LogP contribution is -2.39. The molecular weight excluding hydrogens is 214 g/mol. The Morgan fingerprint density at radius 2 is 2.06 bits per heavy atom. The third-order valence-electron chi connectivity index (χ3n) is 3.04. The average molecular weight is 233 g/mol. The highest BCUT2D eigenvalue weighted by molar-refractivity contribution is 5.97. The van der Waals surface area contributed by atoms with Crippen LogP contribution in [0.2, 0.25) is 0 Å². The number of ether oxygens (including phenoxy) is 1. The lowest BCUT2D eigenvalue weighted by Gasteiger charge is -2.29. The fourth-order valence-electron chi connectivity index (χ4n) is 2.10. The number of amides is 1. The maximum Gasteiger partial charge on any atom is 0.265 e. The fraction of sp³-hybridized carbons (Fsp3) is 0.500. The first-order valence-corrected chi connectivity index (χ1v) is 6.35. The molecule has 1 amide bonds. The van der Waals surface area contributed by atoms with Crippen LogP contribution in [0, 0.1) is 0 Å². The predicted molar refractivity (Wildman–Crippen MR) is 68.4 cm³/mol. The van der Waals surface area contributed by atoms with Gasteiger partial charge in [-0.1, -0.05) is 38.3 Å². The van der Waals surface area contributed by atoms with Gasteiger partial charge in [0, 0.05) is 6.54 Å². The highest BCUT2D eigenvalue weighted by atomic mass is 16.5. The van der Waals surface area contributed by atoms with Gasteiger partial charge in [0.1, 0.15) is 5.75 Å². The van der Waals surface area contributed by atoms with E-state index < -0.39 is 0 Å². The molecule has 1 aliphatic rings. The highest BCUT2D eigenvalue weighted by Gasteiger charge is 2.24. The van der Waals surface area contributed by atoms with Crippen LogP contribution in [-0.4, -0.2) is 19.1 Å². The summed E-state index contributed by atoms with van der Waals surface area (Å²) in [5, 5.41) is 0. The molecule has 3 nitrogen and oxygen atoms in total. The van der Waals surface area contributed by atoms with Gasteiger partial charge in [0.25, 0.3) is 5.91 Å². The third kappa shape index (κ3) is 2.78. The molecule has 0 aromatic heterocycles. The van der Waals surface area contributed by atoms with Crippen LogP contribution in [0.5, 0.6) is 5.75 Å². The number of nitrogens with zero attached hydrogens (tertiary/aromatic N) is 1. The molecule has 2 rings (SSSR count). The Hall–Kier alpha value is -1.51. The van der Waals surface area contributed by atoms with Crippen LogP contribution in [-0.2, 0) is 4.79 Å². The van der Waals surface area contributed by atoms with E-state index in [1.54, 1.807) is 0 Å². The molecule has 3 heteroatoms. The maximum atomic E-state index is 11.8. The molecule has 1 aromatic rings. The highest BCUT2D eigenvalue weighted by Crippen LogP contribution is 2.31. The molecule has 0 N–H and O–H groups in total. The molecule has 1 aromatic carbocycles. The van der Waals surface area contributed by atoms with E-state index in [1.165, 1.54) is 19.3 Å². The lowest BCUT2D eigenvalue weighted by atomic mass is 10.1. The number of carbonyl (C=O) groups is 1. The van der Waals surface area contributed by atoms with Crippen LogP contribution in [0.15, 0.2) is 24.3 Å². The van der Waals surface area contributed by atoms with E-state index in [1.807, 2.05) is 29.2 Å². The molecule has 0 atom stereocenters. The standard InChI is InChI=1S/C14H19NO2/c1-2-3-4-7-10-15-12-8-5-6-9-13(12)17-11-14(15)16/h5-6,8-9H,2-4,7,10-11H2,1H3. The number of hydrogen-bond acceptors (Lipinski definition) is 2. The Kier molecular flexibility index (Phi) is 4.02. The van der Waals surface area contributed by atoms with E-state index in [4.69, 9.17) is 4.74 Å². The first-order chi connectivity index (χ1) is 8.33. The lowest BCUT2D eigenvalue weighted by molar-refractivity contribution is -0.121. The largest absolute Gasteiger partial charge is 0.482 e. The zero-order valence-electron chi connectivity index (χ0n) is 10.3. The van der Waals surface area contributed by atoms with Gasteiger partial charge in [-0.25, -0.2) is 0 Å². The van der Waals surface area contributed by atoms with Gasteiger partial charge >= 0.3 is 0 Å². The van der Waals surface area contributed by atoms with Gasteiger partial charge in [0.2, 0.25) is 0 Å². The van der Waals surface area contributed by atoms with Crippen LogP contribution < -0.4 is 9.64 Å². The second-order valence-corrected chi connectivity index (χ2v) is 4.36. The summed E-state index contributed by atoms with van der Waals surface area (Å²) in [5.41, 5.74) is 0.917. The molecule has 17 heavy (non-hydrogen) atoms. The monoisotopic (exact) mass is 233 g/mol. The second-order valence-electron chi connectivity index (χ2n) is 4.36. The number of anilines is 1. The quantitative estimate of drug-likeness (QED) is 0.732. The van der Waals surface area contributed by atoms with Gasteiger partial charge in [-0.15, -0.1) is 0 Å². The minimum atomic E-state index is 0.0696. The first-order valence-electron chi connectivity index (χ1n) is 6.35. The molecular formula is C14H19NO2. The summed E-state index contributed by atoms with van der Waals surface area (Å²) in [6.07, 6.45) is 4.70. The van der Waals surface area contributed by atoms with Crippen molar-refractivity contribution in [3.8, 4) is 5.75 Å². The maximum absolute atomic E-state index is 11.8. The summed E-state index contributed by atoms with van der Waals surface area (Å²) in [5.74, 6) is 0.891. The van der Waals surface area contributed by atoms with Gasteiger partial charge in [0.05, 0.1) is 5.69 Å². The van der Waals surface area contributed by atoms with Crippen LogP contribution >= 0.6 is 0 Å². The van der Waals surface area contributed by atoms with Crippen LogP contribution in [0.3, 0.4) is 0 Å². The summed E-state index contributed by atoms with van der Waals surface area (Å²) < 4.78 is 5.40. The molecule has 92 valence electrons. The molecule has 0 fully saturated rings. The van der Waals surface area contributed by atoms with Crippen molar-refractivity contribution in [3.05, 3.63) is 24.3 Å². The zero-order valence-corrected chi connectivity index (χ0v) is 10.3. The summed E-state index contributed by atoms with van der Waals surface area (Å²) in [6, 6.07) is 7.75. The van der Waals surface area contributed by atoms with Crippen molar-refractivity contribution in [1.29, 1.82) is 0 Å². The number of carbonyl (C=O) groups excluding carboxylic acids is 1. The number of para-hydroxylation sites is 2. The summed E-state index contributed by atoms with van der Waals surface area (Å²) in [7, 11) is 0. The topological polar surface area (TPSA) is 29.5 Å². The molecule has 0 saturated heterocycles.